The van der Waals surface area contributed by atoms with Gasteiger partial charge in [-0.25, -0.2) is 0 Å². The number of rotatable bonds is 3. The zero-order valence-corrected chi connectivity index (χ0v) is 9.34. The molecule has 0 spiro atoms. The molecule has 1 amide bonds. The Balaban J connectivity index is 2.69. The van der Waals surface area contributed by atoms with Crippen LogP contribution in [-0.2, 0) is 4.79 Å². The summed E-state index contributed by atoms with van der Waals surface area (Å²) in [7, 11) is 0. The monoisotopic (exact) mass is 225 g/mol. The quantitative estimate of drug-likeness (QED) is 0.856. The lowest BCUT2D eigenvalue weighted by molar-refractivity contribution is -0.118. The average molecular weight is 226 g/mol. The van der Waals surface area contributed by atoms with Gasteiger partial charge in [0.15, 0.2) is 5.78 Å². The standard InChI is InChI=1S/C11H12ClNO2/c1-7(8(2)14)13-11(15)9-3-5-10(12)6-4-9/h3-7H,1-2H3,(H,13,15). The van der Waals surface area contributed by atoms with Crippen molar-refractivity contribution in [3.05, 3.63) is 34.9 Å². The number of Topliss-reactive ketones (excluding diaryl/α,β-unsaturated/α-hetero) is 1. The highest BCUT2D eigenvalue weighted by Crippen LogP contribution is 2.09. The van der Waals surface area contributed by atoms with E-state index in [0.717, 1.165) is 0 Å². The smallest absolute Gasteiger partial charge is 0.251 e. The molecule has 1 N–H and O–H groups in total. The molecule has 1 atom stereocenters. The molecule has 15 heavy (non-hydrogen) atoms. The van der Waals surface area contributed by atoms with Crippen molar-refractivity contribution < 1.29 is 9.59 Å². The van der Waals surface area contributed by atoms with Gasteiger partial charge in [-0.2, -0.15) is 0 Å². The number of halogens is 1. The first-order chi connectivity index (χ1) is 7.00. The minimum absolute atomic E-state index is 0.0719. The van der Waals surface area contributed by atoms with Gasteiger partial charge in [0.05, 0.1) is 6.04 Å². The molecule has 0 heterocycles. The molecule has 0 radical (unpaired) electrons. The number of carbonyl (C=O) groups excluding carboxylic acids is 2. The third kappa shape index (κ3) is 3.36. The van der Waals surface area contributed by atoms with E-state index in [1.54, 1.807) is 31.2 Å². The van der Waals surface area contributed by atoms with E-state index in [0.29, 0.717) is 10.6 Å². The van der Waals surface area contributed by atoms with E-state index < -0.39 is 6.04 Å². The Kier molecular flexibility index (Phi) is 3.86. The van der Waals surface area contributed by atoms with Crippen molar-refractivity contribution in [2.75, 3.05) is 0 Å². The minimum Gasteiger partial charge on any atom is -0.343 e. The molecule has 0 aliphatic carbocycles. The molecule has 80 valence electrons. The van der Waals surface area contributed by atoms with Crippen LogP contribution in [0.15, 0.2) is 24.3 Å². The number of benzene rings is 1. The largest absolute Gasteiger partial charge is 0.343 e. The van der Waals surface area contributed by atoms with Crippen LogP contribution < -0.4 is 5.32 Å². The summed E-state index contributed by atoms with van der Waals surface area (Å²) in [6, 6.07) is 6.03. The number of hydrogen-bond acceptors (Lipinski definition) is 2. The fraction of sp³-hybridized carbons (Fsp3) is 0.273. The van der Waals surface area contributed by atoms with E-state index in [-0.39, 0.29) is 11.7 Å². The van der Waals surface area contributed by atoms with Crippen LogP contribution in [0.3, 0.4) is 0 Å². The zero-order valence-electron chi connectivity index (χ0n) is 8.58. The van der Waals surface area contributed by atoms with Crippen LogP contribution in [0.5, 0.6) is 0 Å². The summed E-state index contributed by atoms with van der Waals surface area (Å²) in [5, 5.41) is 3.16. The summed E-state index contributed by atoms with van der Waals surface area (Å²) < 4.78 is 0. The Morgan fingerprint density at radius 1 is 1.27 bits per heavy atom. The topological polar surface area (TPSA) is 46.2 Å². The highest BCUT2D eigenvalue weighted by molar-refractivity contribution is 6.30. The van der Waals surface area contributed by atoms with Crippen LogP contribution in [0.4, 0.5) is 0 Å². The number of carbonyl (C=O) groups is 2. The summed E-state index contributed by atoms with van der Waals surface area (Å²) >= 11 is 5.69. The molecule has 0 aliphatic heterocycles. The van der Waals surface area contributed by atoms with E-state index >= 15 is 0 Å². The van der Waals surface area contributed by atoms with E-state index in [9.17, 15) is 9.59 Å². The highest BCUT2D eigenvalue weighted by atomic mass is 35.5. The van der Waals surface area contributed by atoms with Crippen molar-refractivity contribution in [1.29, 1.82) is 0 Å². The van der Waals surface area contributed by atoms with Gasteiger partial charge in [0, 0.05) is 10.6 Å². The van der Waals surface area contributed by atoms with Gasteiger partial charge in [-0.1, -0.05) is 11.6 Å². The first kappa shape index (κ1) is 11.7. The van der Waals surface area contributed by atoms with E-state index in [2.05, 4.69) is 5.32 Å². The molecule has 3 nitrogen and oxygen atoms in total. The molecule has 0 fully saturated rings. The van der Waals surface area contributed by atoms with Crippen LogP contribution in [0.25, 0.3) is 0 Å². The molecule has 0 bridgehead atoms. The maximum atomic E-state index is 11.6. The molecule has 0 aliphatic rings. The summed E-state index contributed by atoms with van der Waals surface area (Å²) in [4.78, 5) is 22.5. The lowest BCUT2D eigenvalue weighted by Crippen LogP contribution is -2.37. The number of ketones is 1. The van der Waals surface area contributed by atoms with Crippen LogP contribution in [-0.4, -0.2) is 17.7 Å². The zero-order chi connectivity index (χ0) is 11.4. The molecule has 0 saturated heterocycles. The van der Waals surface area contributed by atoms with Gasteiger partial charge in [-0.3, -0.25) is 9.59 Å². The Morgan fingerprint density at radius 2 is 1.80 bits per heavy atom. The van der Waals surface area contributed by atoms with Gasteiger partial charge in [-0.15, -0.1) is 0 Å². The second-order valence-corrected chi connectivity index (χ2v) is 3.75. The van der Waals surface area contributed by atoms with Crippen molar-refractivity contribution in [2.24, 2.45) is 0 Å². The first-order valence-corrected chi connectivity index (χ1v) is 4.95. The molecule has 1 aromatic rings. The Bertz CT molecular complexity index is 373. The van der Waals surface area contributed by atoms with Gasteiger partial charge in [0.2, 0.25) is 0 Å². The molecule has 1 aromatic carbocycles. The summed E-state index contributed by atoms with van der Waals surface area (Å²) in [6.07, 6.45) is 0. The van der Waals surface area contributed by atoms with Crippen molar-refractivity contribution in [3.8, 4) is 0 Å². The number of hydrogen-bond donors (Lipinski definition) is 1. The first-order valence-electron chi connectivity index (χ1n) is 4.57. The molecule has 4 heteroatoms. The molecule has 1 rings (SSSR count). The van der Waals surface area contributed by atoms with E-state index in [1.807, 2.05) is 0 Å². The highest BCUT2D eigenvalue weighted by Gasteiger charge is 2.12. The van der Waals surface area contributed by atoms with Crippen LogP contribution in [0.1, 0.15) is 24.2 Å². The Morgan fingerprint density at radius 3 is 2.27 bits per heavy atom. The normalized spacial score (nSPS) is 11.9. The summed E-state index contributed by atoms with van der Waals surface area (Å²) in [5.74, 6) is -0.341. The third-order valence-corrected chi connectivity index (χ3v) is 2.32. The fourth-order valence-corrected chi connectivity index (χ4v) is 1.11. The van der Waals surface area contributed by atoms with Crippen LogP contribution in [0, 0.1) is 0 Å². The second-order valence-electron chi connectivity index (χ2n) is 3.31. The van der Waals surface area contributed by atoms with Crippen LogP contribution >= 0.6 is 11.6 Å². The van der Waals surface area contributed by atoms with Gasteiger partial charge in [-0.05, 0) is 38.1 Å². The van der Waals surface area contributed by atoms with E-state index in [4.69, 9.17) is 11.6 Å². The Labute approximate surface area is 93.4 Å². The fourth-order valence-electron chi connectivity index (χ4n) is 0.983. The summed E-state index contributed by atoms with van der Waals surface area (Å²) in [6.45, 7) is 3.09. The maximum absolute atomic E-state index is 11.6. The number of nitrogens with one attached hydrogen (secondary N) is 1. The lowest BCUT2D eigenvalue weighted by Gasteiger charge is -2.10. The lowest BCUT2D eigenvalue weighted by atomic mass is 10.2. The predicted molar refractivity (Wildman–Crippen MR) is 59.1 cm³/mol. The second kappa shape index (κ2) is 4.94. The van der Waals surface area contributed by atoms with E-state index in [1.165, 1.54) is 6.92 Å². The van der Waals surface area contributed by atoms with Crippen molar-refractivity contribution in [2.45, 2.75) is 19.9 Å². The molecule has 0 aromatic heterocycles. The average Bonchev–Trinajstić information content (AvgIpc) is 2.18. The SMILES string of the molecule is CC(=O)C(C)NC(=O)c1ccc(Cl)cc1. The molecular weight excluding hydrogens is 214 g/mol. The van der Waals surface area contributed by atoms with Crippen molar-refractivity contribution >= 4 is 23.3 Å². The Hall–Kier alpha value is -1.35. The third-order valence-electron chi connectivity index (χ3n) is 2.06. The van der Waals surface area contributed by atoms with Crippen molar-refractivity contribution in [3.63, 3.8) is 0 Å². The van der Waals surface area contributed by atoms with Gasteiger partial charge >= 0.3 is 0 Å². The summed E-state index contributed by atoms with van der Waals surface area (Å²) in [5.41, 5.74) is 0.493. The number of amides is 1. The molecule has 1 unspecified atom stereocenters. The molecule has 0 saturated carbocycles. The van der Waals surface area contributed by atoms with Gasteiger partial charge < -0.3 is 5.32 Å². The van der Waals surface area contributed by atoms with Gasteiger partial charge in [0.25, 0.3) is 5.91 Å². The maximum Gasteiger partial charge on any atom is 0.251 e. The van der Waals surface area contributed by atoms with Crippen LogP contribution in [0.2, 0.25) is 5.02 Å². The minimum atomic E-state index is -0.465. The van der Waals surface area contributed by atoms with Crippen molar-refractivity contribution in [1.82, 2.24) is 5.32 Å². The predicted octanol–water partition coefficient (Wildman–Crippen LogP) is 2.05. The molecular formula is C11H12ClNO2. The van der Waals surface area contributed by atoms with Gasteiger partial charge in [0.1, 0.15) is 0 Å².